The number of allylic oxidation sites excluding steroid dienone is 18. The highest BCUT2D eigenvalue weighted by atomic mass is 16.6. The summed E-state index contributed by atoms with van der Waals surface area (Å²) in [7, 11) is 0. The first-order chi connectivity index (χ1) is 37.0. The van der Waals surface area contributed by atoms with Gasteiger partial charge in [0, 0.05) is 19.3 Å². The normalized spacial score (nSPS) is 12.8. The van der Waals surface area contributed by atoms with Crippen molar-refractivity contribution in [3.05, 3.63) is 109 Å². The molecule has 0 aromatic heterocycles. The van der Waals surface area contributed by atoms with Gasteiger partial charge in [-0.1, -0.05) is 291 Å². The van der Waals surface area contributed by atoms with Crippen molar-refractivity contribution in [2.45, 2.75) is 297 Å². The fraction of sp³-hybridized carbons (Fsp3) is 0.696. The van der Waals surface area contributed by atoms with E-state index in [1.165, 1.54) is 148 Å². The molecular formula is C69H116O6. The molecule has 0 radical (unpaired) electrons. The van der Waals surface area contributed by atoms with E-state index in [0.717, 1.165) is 96.3 Å². The minimum Gasteiger partial charge on any atom is -0.462 e. The fourth-order valence-corrected chi connectivity index (χ4v) is 8.66. The number of hydrogen-bond donors (Lipinski definition) is 0. The van der Waals surface area contributed by atoms with Crippen LogP contribution in [0.2, 0.25) is 0 Å². The average Bonchev–Trinajstić information content (AvgIpc) is 3.41. The van der Waals surface area contributed by atoms with Crippen LogP contribution in [0.3, 0.4) is 0 Å². The first-order valence-corrected chi connectivity index (χ1v) is 31.4. The fourth-order valence-electron chi connectivity index (χ4n) is 8.66. The summed E-state index contributed by atoms with van der Waals surface area (Å²) in [5.74, 6) is -0.979. The summed E-state index contributed by atoms with van der Waals surface area (Å²) in [4.78, 5) is 38.2. The largest absolute Gasteiger partial charge is 0.462 e. The lowest BCUT2D eigenvalue weighted by molar-refractivity contribution is -0.166. The number of unbranched alkanes of at least 4 members (excludes halogenated alkanes) is 27. The van der Waals surface area contributed by atoms with Crippen molar-refractivity contribution < 1.29 is 28.6 Å². The minimum absolute atomic E-state index is 0.100. The number of rotatable bonds is 56. The minimum atomic E-state index is -0.808. The third-order valence-corrected chi connectivity index (χ3v) is 13.3. The summed E-state index contributed by atoms with van der Waals surface area (Å²) >= 11 is 0. The first kappa shape index (κ1) is 71.1. The molecule has 6 heteroatoms. The number of ether oxygens (including phenoxy) is 3. The molecule has 0 amide bonds. The lowest BCUT2D eigenvalue weighted by Gasteiger charge is -2.18. The van der Waals surface area contributed by atoms with Crippen LogP contribution in [0, 0.1) is 0 Å². The van der Waals surface area contributed by atoms with E-state index in [0.29, 0.717) is 19.3 Å². The quantitative estimate of drug-likeness (QED) is 0.0261. The van der Waals surface area contributed by atoms with Crippen LogP contribution >= 0.6 is 0 Å². The van der Waals surface area contributed by atoms with Crippen LogP contribution in [0.25, 0.3) is 0 Å². The van der Waals surface area contributed by atoms with Crippen molar-refractivity contribution in [2.75, 3.05) is 13.2 Å². The lowest BCUT2D eigenvalue weighted by Crippen LogP contribution is -2.30. The van der Waals surface area contributed by atoms with E-state index in [4.69, 9.17) is 14.2 Å². The van der Waals surface area contributed by atoms with Crippen LogP contribution in [0.5, 0.6) is 0 Å². The molecule has 1 atom stereocenters. The lowest BCUT2D eigenvalue weighted by atomic mass is 10.0. The maximum atomic E-state index is 12.9. The predicted octanol–water partition coefficient (Wildman–Crippen LogP) is 21.4. The van der Waals surface area contributed by atoms with Crippen LogP contribution in [0.4, 0.5) is 0 Å². The van der Waals surface area contributed by atoms with Crippen LogP contribution in [-0.4, -0.2) is 37.2 Å². The van der Waals surface area contributed by atoms with Gasteiger partial charge in [-0.25, -0.2) is 0 Å². The third-order valence-electron chi connectivity index (χ3n) is 13.3. The van der Waals surface area contributed by atoms with Crippen LogP contribution in [0.1, 0.15) is 290 Å². The Hall–Kier alpha value is -3.93. The highest BCUT2D eigenvalue weighted by Gasteiger charge is 2.19. The maximum Gasteiger partial charge on any atom is 0.306 e. The van der Waals surface area contributed by atoms with E-state index in [1.807, 2.05) is 6.08 Å². The molecule has 0 aliphatic rings. The second-order valence-electron chi connectivity index (χ2n) is 20.6. The molecule has 75 heavy (non-hydrogen) atoms. The van der Waals surface area contributed by atoms with Crippen molar-refractivity contribution in [3.8, 4) is 0 Å². The summed E-state index contributed by atoms with van der Waals surface area (Å²) in [6.45, 7) is 6.37. The molecule has 428 valence electrons. The summed E-state index contributed by atoms with van der Waals surface area (Å²) in [5, 5.41) is 0. The molecule has 0 rings (SSSR count). The van der Waals surface area contributed by atoms with Crippen molar-refractivity contribution in [1.29, 1.82) is 0 Å². The van der Waals surface area contributed by atoms with Gasteiger partial charge in [0.2, 0.25) is 0 Å². The Morgan fingerprint density at radius 1 is 0.280 bits per heavy atom. The molecule has 0 spiro atoms. The molecule has 0 fully saturated rings. The first-order valence-electron chi connectivity index (χ1n) is 31.4. The Balaban J connectivity index is 4.33. The molecule has 0 aliphatic carbocycles. The highest BCUT2D eigenvalue weighted by Crippen LogP contribution is 2.16. The summed E-state index contributed by atoms with van der Waals surface area (Å²) in [6, 6.07) is 0. The average molecular weight is 1040 g/mol. The zero-order chi connectivity index (χ0) is 54.3. The number of hydrogen-bond acceptors (Lipinski definition) is 6. The molecule has 1 unspecified atom stereocenters. The van der Waals surface area contributed by atoms with Crippen LogP contribution in [0.15, 0.2) is 109 Å². The topological polar surface area (TPSA) is 78.9 Å². The molecule has 0 aromatic rings. The monoisotopic (exact) mass is 1040 g/mol. The van der Waals surface area contributed by atoms with Crippen molar-refractivity contribution in [1.82, 2.24) is 0 Å². The maximum absolute atomic E-state index is 12.9. The van der Waals surface area contributed by atoms with Gasteiger partial charge in [-0.15, -0.1) is 0 Å². The van der Waals surface area contributed by atoms with E-state index >= 15 is 0 Å². The van der Waals surface area contributed by atoms with Gasteiger partial charge in [0.15, 0.2) is 6.10 Å². The van der Waals surface area contributed by atoms with E-state index in [2.05, 4.69) is 124 Å². The number of carbonyl (C=O) groups is 3. The molecule has 0 saturated heterocycles. The number of esters is 3. The van der Waals surface area contributed by atoms with Gasteiger partial charge in [0.1, 0.15) is 13.2 Å². The second kappa shape index (κ2) is 62.6. The van der Waals surface area contributed by atoms with Crippen molar-refractivity contribution >= 4 is 17.9 Å². The Morgan fingerprint density at radius 2 is 0.547 bits per heavy atom. The number of carbonyl (C=O) groups excluding carboxylic acids is 3. The van der Waals surface area contributed by atoms with E-state index < -0.39 is 6.10 Å². The molecule has 0 bridgehead atoms. The molecule has 0 aliphatic heterocycles. The van der Waals surface area contributed by atoms with Gasteiger partial charge < -0.3 is 14.2 Å². The van der Waals surface area contributed by atoms with Gasteiger partial charge in [-0.3, -0.25) is 14.4 Å². The van der Waals surface area contributed by atoms with Crippen LogP contribution in [-0.2, 0) is 28.6 Å². The zero-order valence-corrected chi connectivity index (χ0v) is 49.0. The Kier molecular flexibility index (Phi) is 59.3. The smallest absolute Gasteiger partial charge is 0.306 e. The summed E-state index contributed by atoms with van der Waals surface area (Å²) in [5.41, 5.74) is 0. The third kappa shape index (κ3) is 60.8. The van der Waals surface area contributed by atoms with Gasteiger partial charge in [-0.05, 0) is 89.9 Å². The second-order valence-corrected chi connectivity index (χ2v) is 20.6. The highest BCUT2D eigenvalue weighted by molar-refractivity contribution is 5.71. The Bertz CT molecular complexity index is 1520. The SMILES string of the molecule is CC/C=C\C/C=C\C/C=C\C/C=C\C/C=C\CCCCCCCCCCCCCC(=O)OCC(COC(=O)CC/C=C\C/C=C\C/C=C\C/C=C\CC)OC(=O)CCCCCCCCCCCCCCCCCCC. The molecule has 0 aromatic carbocycles. The van der Waals surface area contributed by atoms with Gasteiger partial charge in [0.25, 0.3) is 0 Å². The standard InChI is InChI=1S/C69H116O6/c1-4-7-10-13-16-19-22-25-27-29-30-31-32-33-34-35-36-37-38-40-41-44-47-50-53-56-59-62-68(71)74-65-66(64-73-67(70)61-58-55-52-49-46-43-24-21-18-15-12-9-6-3)75-69(72)63-60-57-54-51-48-45-42-39-28-26-23-20-17-14-11-8-5-2/h7,9-10,12,16,18-19,21,25,27,30-31,33-34,43,46,52,55,66H,4-6,8,11,13-15,17,20,22-24,26,28-29,32,35-42,44-45,47-51,53-54,56-65H2,1-3H3/b10-7-,12-9-,19-16-,21-18-,27-25-,31-30-,34-33-,46-43-,55-52-. The van der Waals surface area contributed by atoms with E-state index in [1.54, 1.807) is 0 Å². The molecular weight excluding hydrogens is 925 g/mol. The van der Waals surface area contributed by atoms with Gasteiger partial charge in [0.05, 0.1) is 0 Å². The van der Waals surface area contributed by atoms with E-state index in [9.17, 15) is 14.4 Å². The van der Waals surface area contributed by atoms with Gasteiger partial charge in [-0.2, -0.15) is 0 Å². The Labute approximate surface area is 463 Å². The van der Waals surface area contributed by atoms with Gasteiger partial charge >= 0.3 is 17.9 Å². The zero-order valence-electron chi connectivity index (χ0n) is 49.0. The molecule has 0 heterocycles. The van der Waals surface area contributed by atoms with Crippen molar-refractivity contribution in [3.63, 3.8) is 0 Å². The molecule has 0 saturated carbocycles. The van der Waals surface area contributed by atoms with Crippen molar-refractivity contribution in [2.24, 2.45) is 0 Å². The summed E-state index contributed by atoms with van der Waals surface area (Å²) < 4.78 is 16.8. The summed E-state index contributed by atoms with van der Waals surface area (Å²) in [6.07, 6.45) is 85.4. The van der Waals surface area contributed by atoms with Crippen LogP contribution < -0.4 is 0 Å². The predicted molar refractivity (Wildman–Crippen MR) is 325 cm³/mol. The molecule has 0 N–H and O–H groups in total. The van der Waals surface area contributed by atoms with E-state index in [-0.39, 0.29) is 37.5 Å². The Morgan fingerprint density at radius 3 is 0.893 bits per heavy atom. The molecule has 6 nitrogen and oxygen atoms in total.